The van der Waals surface area contributed by atoms with Gasteiger partial charge in [-0.05, 0) is 48.9 Å². The number of ether oxygens (including phenoxy) is 2. The minimum atomic E-state index is -0.232. The molecule has 2 aliphatic heterocycles. The zero-order valence-electron chi connectivity index (χ0n) is 19.0. The number of nitrogens with zero attached hydrogens (tertiary/aromatic N) is 2. The number of methoxy groups -OCH3 is 2. The van der Waals surface area contributed by atoms with Crippen LogP contribution in [0.3, 0.4) is 0 Å². The molecule has 2 saturated heterocycles. The molecule has 2 fully saturated rings. The largest absolute Gasteiger partial charge is 0.493 e. The Morgan fingerprint density at radius 2 is 1.81 bits per heavy atom. The van der Waals surface area contributed by atoms with Crippen molar-refractivity contribution in [1.82, 2.24) is 9.80 Å². The molecular weight excluding hydrogens is 404 g/mol. The standard InChI is InChI=1S/C26H32N2O4/c1-31-23-11-10-20(16-24(23)32-2)12-14-27-18-21(17-25(27)29)26(30)28-13-6-9-22(28)15-19-7-4-3-5-8-19/h3-5,7-8,10-11,16,21-22H,6,9,12-15,17-18H2,1-2H3. The Kier molecular flexibility index (Phi) is 6.98. The van der Waals surface area contributed by atoms with Crippen LogP contribution in [-0.2, 0) is 22.4 Å². The molecule has 6 heteroatoms. The van der Waals surface area contributed by atoms with Gasteiger partial charge in [-0.25, -0.2) is 0 Å². The van der Waals surface area contributed by atoms with Crippen molar-refractivity contribution in [3.05, 3.63) is 59.7 Å². The molecule has 2 atom stereocenters. The Hall–Kier alpha value is -3.02. The maximum absolute atomic E-state index is 13.3. The lowest BCUT2D eigenvalue weighted by Crippen LogP contribution is -2.41. The highest BCUT2D eigenvalue weighted by atomic mass is 16.5. The Morgan fingerprint density at radius 3 is 2.56 bits per heavy atom. The molecule has 2 amide bonds. The molecule has 4 rings (SSSR count). The molecule has 0 radical (unpaired) electrons. The van der Waals surface area contributed by atoms with Crippen LogP contribution in [-0.4, -0.2) is 61.5 Å². The maximum Gasteiger partial charge on any atom is 0.228 e. The molecule has 2 unspecified atom stereocenters. The minimum Gasteiger partial charge on any atom is -0.493 e. The molecule has 0 aliphatic carbocycles. The number of hydrogen-bond acceptors (Lipinski definition) is 4. The Balaban J connectivity index is 1.34. The summed E-state index contributed by atoms with van der Waals surface area (Å²) < 4.78 is 10.7. The van der Waals surface area contributed by atoms with Crippen molar-refractivity contribution in [2.45, 2.75) is 38.1 Å². The van der Waals surface area contributed by atoms with E-state index < -0.39 is 0 Å². The lowest BCUT2D eigenvalue weighted by Gasteiger charge is -2.27. The summed E-state index contributed by atoms with van der Waals surface area (Å²) in [6, 6.07) is 16.4. The van der Waals surface area contributed by atoms with E-state index in [0.29, 0.717) is 37.4 Å². The van der Waals surface area contributed by atoms with Gasteiger partial charge in [0.25, 0.3) is 0 Å². The number of carbonyl (C=O) groups is 2. The van der Waals surface area contributed by atoms with Crippen molar-refractivity contribution in [3.8, 4) is 11.5 Å². The lowest BCUT2D eigenvalue weighted by molar-refractivity contribution is -0.136. The van der Waals surface area contributed by atoms with E-state index in [1.807, 2.05) is 46.2 Å². The third-order valence-electron chi connectivity index (χ3n) is 6.66. The van der Waals surface area contributed by atoms with E-state index in [0.717, 1.165) is 31.4 Å². The van der Waals surface area contributed by atoms with Gasteiger partial charge in [-0.3, -0.25) is 9.59 Å². The molecule has 2 aromatic rings. The van der Waals surface area contributed by atoms with Crippen LogP contribution in [0.1, 0.15) is 30.4 Å². The predicted octanol–water partition coefficient (Wildman–Crippen LogP) is 3.33. The number of hydrogen-bond donors (Lipinski definition) is 0. The van der Waals surface area contributed by atoms with Crippen molar-refractivity contribution in [2.75, 3.05) is 33.9 Å². The minimum absolute atomic E-state index is 0.0719. The molecule has 0 N–H and O–H groups in total. The summed E-state index contributed by atoms with van der Waals surface area (Å²) in [4.78, 5) is 29.8. The number of rotatable bonds is 8. The zero-order valence-corrected chi connectivity index (χ0v) is 19.0. The molecule has 0 spiro atoms. The predicted molar refractivity (Wildman–Crippen MR) is 123 cm³/mol. The highest BCUT2D eigenvalue weighted by Crippen LogP contribution is 2.29. The number of likely N-dealkylation sites (tertiary alicyclic amines) is 2. The molecule has 0 saturated carbocycles. The van der Waals surface area contributed by atoms with Gasteiger partial charge in [0.2, 0.25) is 11.8 Å². The average Bonchev–Trinajstić information content (AvgIpc) is 3.44. The van der Waals surface area contributed by atoms with Crippen LogP contribution in [0.2, 0.25) is 0 Å². The van der Waals surface area contributed by atoms with E-state index in [-0.39, 0.29) is 23.8 Å². The first-order valence-electron chi connectivity index (χ1n) is 11.4. The maximum atomic E-state index is 13.3. The summed E-state index contributed by atoms with van der Waals surface area (Å²) in [5, 5.41) is 0. The van der Waals surface area contributed by atoms with Gasteiger partial charge in [-0.15, -0.1) is 0 Å². The first kappa shape index (κ1) is 22.2. The summed E-state index contributed by atoms with van der Waals surface area (Å²) in [7, 11) is 3.23. The summed E-state index contributed by atoms with van der Waals surface area (Å²) in [5.74, 6) is 1.36. The lowest BCUT2D eigenvalue weighted by atomic mass is 10.0. The monoisotopic (exact) mass is 436 g/mol. The SMILES string of the molecule is COc1ccc(CCN2CC(C(=O)N3CCCC3Cc3ccccc3)CC2=O)cc1OC. The van der Waals surface area contributed by atoms with Crippen molar-refractivity contribution >= 4 is 11.8 Å². The average molecular weight is 437 g/mol. The second-order valence-corrected chi connectivity index (χ2v) is 8.70. The van der Waals surface area contributed by atoms with Crippen molar-refractivity contribution < 1.29 is 19.1 Å². The van der Waals surface area contributed by atoms with Gasteiger partial charge in [-0.2, -0.15) is 0 Å². The van der Waals surface area contributed by atoms with Gasteiger partial charge in [0.15, 0.2) is 11.5 Å². The van der Waals surface area contributed by atoms with Gasteiger partial charge in [0.05, 0.1) is 20.1 Å². The van der Waals surface area contributed by atoms with Gasteiger partial charge < -0.3 is 19.3 Å². The second kappa shape index (κ2) is 10.1. The van der Waals surface area contributed by atoms with Crippen molar-refractivity contribution in [1.29, 1.82) is 0 Å². The quantitative estimate of drug-likeness (QED) is 0.637. The zero-order chi connectivity index (χ0) is 22.5. The first-order valence-corrected chi connectivity index (χ1v) is 11.4. The van der Waals surface area contributed by atoms with E-state index in [1.54, 1.807) is 14.2 Å². The molecule has 0 bridgehead atoms. The molecule has 2 heterocycles. The highest BCUT2D eigenvalue weighted by molar-refractivity contribution is 5.89. The van der Waals surface area contributed by atoms with E-state index in [1.165, 1.54) is 5.56 Å². The number of carbonyl (C=O) groups excluding carboxylic acids is 2. The molecule has 0 aromatic heterocycles. The third kappa shape index (κ3) is 4.90. The van der Waals surface area contributed by atoms with E-state index in [4.69, 9.17) is 9.47 Å². The van der Waals surface area contributed by atoms with E-state index in [2.05, 4.69) is 12.1 Å². The van der Waals surface area contributed by atoms with Crippen LogP contribution in [0.15, 0.2) is 48.5 Å². The van der Waals surface area contributed by atoms with Crippen molar-refractivity contribution in [3.63, 3.8) is 0 Å². The molecular formula is C26H32N2O4. The van der Waals surface area contributed by atoms with E-state index >= 15 is 0 Å². The van der Waals surface area contributed by atoms with Crippen LogP contribution < -0.4 is 9.47 Å². The summed E-state index contributed by atoms with van der Waals surface area (Å²) in [6.07, 6.45) is 3.99. The van der Waals surface area contributed by atoms with Crippen LogP contribution >= 0.6 is 0 Å². The summed E-state index contributed by atoms with van der Waals surface area (Å²) in [5.41, 5.74) is 2.34. The Bertz CT molecular complexity index is 946. The fourth-order valence-electron chi connectivity index (χ4n) is 4.91. The molecule has 32 heavy (non-hydrogen) atoms. The van der Waals surface area contributed by atoms with Gasteiger partial charge in [0.1, 0.15) is 0 Å². The smallest absolute Gasteiger partial charge is 0.228 e. The van der Waals surface area contributed by atoms with Crippen LogP contribution in [0.25, 0.3) is 0 Å². The molecule has 2 aliphatic rings. The topological polar surface area (TPSA) is 59.1 Å². The molecule has 6 nitrogen and oxygen atoms in total. The van der Waals surface area contributed by atoms with Crippen LogP contribution in [0.5, 0.6) is 11.5 Å². The van der Waals surface area contributed by atoms with Crippen LogP contribution in [0, 0.1) is 5.92 Å². The highest BCUT2D eigenvalue weighted by Gasteiger charge is 2.39. The molecule has 170 valence electrons. The van der Waals surface area contributed by atoms with E-state index in [9.17, 15) is 9.59 Å². The van der Waals surface area contributed by atoms with Gasteiger partial charge in [0, 0.05) is 32.1 Å². The van der Waals surface area contributed by atoms with Gasteiger partial charge >= 0.3 is 0 Å². The summed E-state index contributed by atoms with van der Waals surface area (Å²) >= 11 is 0. The second-order valence-electron chi connectivity index (χ2n) is 8.70. The first-order chi connectivity index (χ1) is 15.6. The van der Waals surface area contributed by atoms with Gasteiger partial charge in [-0.1, -0.05) is 36.4 Å². The fourth-order valence-corrected chi connectivity index (χ4v) is 4.91. The Morgan fingerprint density at radius 1 is 1.03 bits per heavy atom. The van der Waals surface area contributed by atoms with Crippen molar-refractivity contribution in [2.24, 2.45) is 5.92 Å². The Labute approximate surface area is 190 Å². The molecule has 2 aromatic carbocycles. The third-order valence-corrected chi connectivity index (χ3v) is 6.66. The number of benzene rings is 2. The van der Waals surface area contributed by atoms with Crippen LogP contribution in [0.4, 0.5) is 0 Å². The fraction of sp³-hybridized carbons (Fsp3) is 0.462. The normalized spacial score (nSPS) is 20.6. The summed E-state index contributed by atoms with van der Waals surface area (Å²) in [6.45, 7) is 1.91. The number of amides is 2.